The van der Waals surface area contributed by atoms with Crippen LogP contribution < -0.4 is 4.52 Å². The van der Waals surface area contributed by atoms with Crippen LogP contribution in [0.15, 0.2) is 18.2 Å². The van der Waals surface area contributed by atoms with Gasteiger partial charge in [-0.25, -0.2) is 9.36 Å². The van der Waals surface area contributed by atoms with Crippen LogP contribution >= 0.6 is 8.25 Å². The summed E-state index contributed by atoms with van der Waals surface area (Å²) in [7, 11) is -1.72. The van der Waals surface area contributed by atoms with Gasteiger partial charge in [0, 0.05) is 0 Å². The maximum Gasteiger partial charge on any atom is 0.365 e. The van der Waals surface area contributed by atoms with E-state index in [2.05, 4.69) is 9.26 Å². The number of esters is 1. The quantitative estimate of drug-likeness (QED) is 0.629. The van der Waals surface area contributed by atoms with Gasteiger partial charge in [0.05, 0.1) is 12.7 Å². The predicted molar refractivity (Wildman–Crippen MR) is 54.4 cm³/mol. The van der Waals surface area contributed by atoms with Crippen molar-refractivity contribution in [3.8, 4) is 5.75 Å². The molecule has 1 unspecified atom stereocenters. The van der Waals surface area contributed by atoms with Crippen molar-refractivity contribution >= 4 is 14.2 Å². The van der Waals surface area contributed by atoms with E-state index in [1.54, 1.807) is 6.92 Å². The zero-order chi connectivity index (χ0) is 11.4. The Balaban J connectivity index is 2.97. The van der Waals surface area contributed by atoms with Crippen molar-refractivity contribution in [3.05, 3.63) is 29.3 Å². The van der Waals surface area contributed by atoms with E-state index in [4.69, 9.17) is 4.89 Å². The van der Waals surface area contributed by atoms with Crippen molar-refractivity contribution in [2.75, 3.05) is 7.11 Å². The van der Waals surface area contributed by atoms with Gasteiger partial charge in [-0.05, 0) is 30.7 Å². The lowest BCUT2D eigenvalue weighted by Crippen LogP contribution is -2.03. The minimum atomic E-state index is -3.01. The highest BCUT2D eigenvalue weighted by molar-refractivity contribution is 7.32. The smallest absolute Gasteiger partial charge is 0.365 e. The van der Waals surface area contributed by atoms with Gasteiger partial charge in [0.2, 0.25) is 0 Å². The Bertz CT molecular complexity index is 401. The van der Waals surface area contributed by atoms with E-state index < -0.39 is 14.2 Å². The second-order valence-electron chi connectivity index (χ2n) is 2.84. The summed E-state index contributed by atoms with van der Waals surface area (Å²) in [6.45, 7) is 1.69. The van der Waals surface area contributed by atoms with Crippen LogP contribution in [0, 0.1) is 6.92 Å². The van der Waals surface area contributed by atoms with Gasteiger partial charge in [-0.3, -0.25) is 0 Å². The van der Waals surface area contributed by atoms with Gasteiger partial charge >= 0.3 is 14.2 Å². The second kappa shape index (κ2) is 4.96. The van der Waals surface area contributed by atoms with Crippen LogP contribution in [0.2, 0.25) is 0 Å². The van der Waals surface area contributed by atoms with Gasteiger partial charge in [-0.2, -0.15) is 0 Å². The van der Waals surface area contributed by atoms with Gasteiger partial charge in [-0.1, -0.05) is 0 Å². The third-order valence-corrected chi connectivity index (χ3v) is 2.22. The summed E-state index contributed by atoms with van der Waals surface area (Å²) in [6.07, 6.45) is 0. The Kier molecular flexibility index (Phi) is 3.88. The summed E-state index contributed by atoms with van der Waals surface area (Å²) in [4.78, 5) is 19.8. The number of hydrogen-bond acceptors (Lipinski definition) is 4. The number of rotatable bonds is 3. The molecule has 0 saturated heterocycles. The third kappa shape index (κ3) is 3.08. The lowest BCUT2D eigenvalue weighted by Gasteiger charge is -2.06. The third-order valence-electron chi connectivity index (χ3n) is 1.81. The molecule has 0 saturated carbocycles. The number of methoxy groups -OCH3 is 1. The van der Waals surface area contributed by atoms with E-state index in [0.29, 0.717) is 11.1 Å². The van der Waals surface area contributed by atoms with Crippen LogP contribution in [0.25, 0.3) is 0 Å². The van der Waals surface area contributed by atoms with Gasteiger partial charge in [0.15, 0.2) is 0 Å². The van der Waals surface area contributed by atoms with Gasteiger partial charge in [0.25, 0.3) is 0 Å². The molecular weight excluding hydrogens is 219 g/mol. The zero-order valence-corrected chi connectivity index (χ0v) is 9.31. The molecule has 0 amide bonds. The number of aryl methyl sites for hydroxylation is 1. The number of hydrogen-bond donors (Lipinski definition) is 1. The first-order chi connectivity index (χ1) is 7.04. The molecule has 0 aliphatic rings. The summed E-state index contributed by atoms with van der Waals surface area (Å²) in [6, 6.07) is 4.43. The largest absolute Gasteiger partial charge is 0.465 e. The standard InChI is InChI=1S/C9H11O5P/c1-6-5-7(14-15(11)12)3-4-8(6)9(10)13-2/h3-5,15H,1-2H3,(H,11,12). The van der Waals surface area contributed by atoms with E-state index in [9.17, 15) is 9.36 Å². The molecule has 5 nitrogen and oxygen atoms in total. The number of ether oxygens (including phenoxy) is 1. The molecule has 0 radical (unpaired) electrons. The van der Waals surface area contributed by atoms with Gasteiger partial charge in [0.1, 0.15) is 5.75 Å². The lowest BCUT2D eigenvalue weighted by molar-refractivity contribution is 0.0600. The maximum absolute atomic E-state index is 11.2. The average molecular weight is 230 g/mol. The van der Waals surface area contributed by atoms with E-state index in [0.717, 1.165) is 0 Å². The molecule has 0 fully saturated rings. The number of carbonyl (C=O) groups excluding carboxylic acids is 1. The Morgan fingerprint density at radius 3 is 2.60 bits per heavy atom. The molecule has 1 aromatic carbocycles. The molecule has 1 atom stereocenters. The average Bonchev–Trinajstić information content (AvgIpc) is 2.16. The summed E-state index contributed by atoms with van der Waals surface area (Å²) < 4.78 is 19.6. The molecule has 0 heterocycles. The first-order valence-electron chi connectivity index (χ1n) is 4.14. The molecule has 0 aromatic heterocycles. The fourth-order valence-corrected chi connectivity index (χ4v) is 1.47. The fraction of sp³-hybridized carbons (Fsp3) is 0.222. The molecule has 0 aliphatic heterocycles. The second-order valence-corrected chi connectivity index (χ2v) is 3.57. The van der Waals surface area contributed by atoms with Crippen LogP contribution in [0.5, 0.6) is 5.75 Å². The minimum Gasteiger partial charge on any atom is -0.465 e. The van der Waals surface area contributed by atoms with Crippen molar-refractivity contribution in [3.63, 3.8) is 0 Å². The molecule has 15 heavy (non-hydrogen) atoms. The summed E-state index contributed by atoms with van der Waals surface area (Å²) >= 11 is 0. The molecule has 6 heteroatoms. The summed E-state index contributed by atoms with van der Waals surface area (Å²) in [5.41, 5.74) is 1.03. The van der Waals surface area contributed by atoms with Crippen LogP contribution in [-0.4, -0.2) is 18.0 Å². The predicted octanol–water partition coefficient (Wildman–Crippen LogP) is 1.54. The molecule has 1 N–H and O–H groups in total. The van der Waals surface area contributed by atoms with E-state index in [-0.39, 0.29) is 5.75 Å². The van der Waals surface area contributed by atoms with Gasteiger partial charge in [-0.15, -0.1) is 0 Å². The lowest BCUT2D eigenvalue weighted by atomic mass is 10.1. The molecular formula is C9H11O5P. The maximum atomic E-state index is 11.2. The Morgan fingerprint density at radius 2 is 2.13 bits per heavy atom. The minimum absolute atomic E-state index is 0.256. The molecule has 0 aliphatic carbocycles. The van der Waals surface area contributed by atoms with Crippen LogP contribution in [0.4, 0.5) is 0 Å². The summed E-state index contributed by atoms with van der Waals surface area (Å²) in [5, 5.41) is 0. The topological polar surface area (TPSA) is 72.8 Å². The first kappa shape index (κ1) is 11.8. The van der Waals surface area contributed by atoms with Crippen LogP contribution in [-0.2, 0) is 9.30 Å². The van der Waals surface area contributed by atoms with Crippen LogP contribution in [0.3, 0.4) is 0 Å². The van der Waals surface area contributed by atoms with Crippen molar-refractivity contribution in [2.45, 2.75) is 6.92 Å². The Morgan fingerprint density at radius 1 is 1.47 bits per heavy atom. The van der Waals surface area contributed by atoms with Crippen molar-refractivity contribution < 1.29 is 23.5 Å². The van der Waals surface area contributed by atoms with E-state index in [1.807, 2.05) is 0 Å². The SMILES string of the molecule is COC(=O)c1ccc(O[PH](=O)O)cc1C. The van der Waals surface area contributed by atoms with Crippen molar-refractivity contribution in [1.29, 1.82) is 0 Å². The number of benzene rings is 1. The van der Waals surface area contributed by atoms with Crippen molar-refractivity contribution in [2.24, 2.45) is 0 Å². The highest BCUT2D eigenvalue weighted by atomic mass is 31.1. The fourth-order valence-electron chi connectivity index (χ4n) is 1.14. The zero-order valence-electron chi connectivity index (χ0n) is 8.31. The van der Waals surface area contributed by atoms with Crippen molar-refractivity contribution in [1.82, 2.24) is 0 Å². The first-order valence-corrected chi connectivity index (χ1v) is 5.40. The molecule has 1 rings (SSSR count). The van der Waals surface area contributed by atoms with Gasteiger partial charge < -0.3 is 14.2 Å². The molecule has 0 bridgehead atoms. The number of carbonyl (C=O) groups is 1. The highest BCUT2D eigenvalue weighted by Gasteiger charge is 2.09. The molecule has 1 aromatic rings. The summed E-state index contributed by atoms with van der Waals surface area (Å²) in [5.74, 6) is -0.192. The molecule has 82 valence electrons. The van der Waals surface area contributed by atoms with Crippen LogP contribution in [0.1, 0.15) is 15.9 Å². The molecule has 0 spiro atoms. The highest BCUT2D eigenvalue weighted by Crippen LogP contribution is 2.25. The van der Waals surface area contributed by atoms with E-state index >= 15 is 0 Å². The normalized spacial score (nSPS) is 11.9. The Hall–Kier alpha value is -1.32. The van der Waals surface area contributed by atoms with E-state index in [1.165, 1.54) is 25.3 Å². The monoisotopic (exact) mass is 230 g/mol. The Labute approximate surface area is 87.6 Å².